The highest BCUT2D eigenvalue weighted by Crippen LogP contribution is 2.27. The van der Waals surface area contributed by atoms with Crippen molar-refractivity contribution in [3.8, 4) is 5.75 Å². The molecule has 0 saturated heterocycles. The standard InChI is InChI=1S/C16H17BrO4S/c1-22(18,19)21-10-9-13-7-8-16(15(17)11-13)20-12-14-5-3-2-4-6-14/h2-8,11H,9-10,12H2,1H3. The van der Waals surface area contributed by atoms with Gasteiger partial charge in [0, 0.05) is 0 Å². The predicted molar refractivity (Wildman–Crippen MR) is 89.4 cm³/mol. The first-order valence-electron chi connectivity index (χ1n) is 6.73. The van der Waals surface area contributed by atoms with Crippen LogP contribution in [0.3, 0.4) is 0 Å². The third kappa shape index (κ3) is 5.79. The molecule has 0 atom stereocenters. The van der Waals surface area contributed by atoms with Crippen LogP contribution in [-0.4, -0.2) is 21.3 Å². The van der Waals surface area contributed by atoms with E-state index in [9.17, 15) is 8.42 Å². The largest absolute Gasteiger partial charge is 0.488 e. The molecule has 0 aliphatic rings. The third-order valence-electron chi connectivity index (χ3n) is 2.92. The van der Waals surface area contributed by atoms with Crippen molar-refractivity contribution in [1.29, 1.82) is 0 Å². The number of ether oxygens (including phenoxy) is 1. The monoisotopic (exact) mass is 384 g/mol. The lowest BCUT2D eigenvalue weighted by molar-refractivity contribution is 0.303. The van der Waals surface area contributed by atoms with Crippen molar-refractivity contribution in [2.45, 2.75) is 13.0 Å². The molecule has 0 aliphatic carbocycles. The van der Waals surface area contributed by atoms with Gasteiger partial charge in [0.15, 0.2) is 0 Å². The second kappa shape index (κ2) is 7.76. The van der Waals surface area contributed by atoms with Gasteiger partial charge in [0.1, 0.15) is 12.4 Å². The molecule has 0 spiro atoms. The van der Waals surface area contributed by atoms with Gasteiger partial charge in [-0.25, -0.2) is 0 Å². The highest BCUT2D eigenvalue weighted by Gasteiger charge is 2.05. The molecule has 6 heteroatoms. The summed E-state index contributed by atoms with van der Waals surface area (Å²) in [6.07, 6.45) is 1.56. The van der Waals surface area contributed by atoms with Crippen LogP contribution in [0, 0.1) is 0 Å². The van der Waals surface area contributed by atoms with Gasteiger partial charge in [-0.3, -0.25) is 4.18 Å². The summed E-state index contributed by atoms with van der Waals surface area (Å²) in [5.41, 5.74) is 2.07. The van der Waals surface area contributed by atoms with Gasteiger partial charge in [-0.1, -0.05) is 36.4 Å². The molecule has 0 N–H and O–H groups in total. The summed E-state index contributed by atoms with van der Waals surface area (Å²) in [6, 6.07) is 15.6. The van der Waals surface area contributed by atoms with Crippen LogP contribution in [0.5, 0.6) is 5.75 Å². The SMILES string of the molecule is CS(=O)(=O)OCCc1ccc(OCc2ccccc2)c(Br)c1. The molecular formula is C16H17BrO4S. The van der Waals surface area contributed by atoms with Gasteiger partial charge in [-0.2, -0.15) is 8.42 Å². The van der Waals surface area contributed by atoms with Crippen molar-refractivity contribution in [2.24, 2.45) is 0 Å². The number of hydrogen-bond acceptors (Lipinski definition) is 4. The summed E-state index contributed by atoms with van der Waals surface area (Å²) in [5, 5.41) is 0. The van der Waals surface area contributed by atoms with Gasteiger partial charge in [0.05, 0.1) is 17.3 Å². The van der Waals surface area contributed by atoms with Gasteiger partial charge < -0.3 is 4.74 Å². The zero-order valence-electron chi connectivity index (χ0n) is 12.2. The molecule has 0 unspecified atom stereocenters. The first-order chi connectivity index (χ1) is 10.4. The Balaban J connectivity index is 1.92. The Hall–Kier alpha value is -1.37. The van der Waals surface area contributed by atoms with Gasteiger partial charge in [0.25, 0.3) is 10.1 Å². The summed E-state index contributed by atoms with van der Waals surface area (Å²) >= 11 is 3.47. The van der Waals surface area contributed by atoms with Crippen molar-refractivity contribution in [3.05, 3.63) is 64.1 Å². The van der Waals surface area contributed by atoms with E-state index in [1.54, 1.807) is 0 Å². The highest BCUT2D eigenvalue weighted by molar-refractivity contribution is 9.10. The Morgan fingerprint density at radius 1 is 1.05 bits per heavy atom. The molecule has 2 aromatic rings. The lowest BCUT2D eigenvalue weighted by Crippen LogP contribution is -2.06. The van der Waals surface area contributed by atoms with Crippen LogP contribution in [0.1, 0.15) is 11.1 Å². The number of hydrogen-bond donors (Lipinski definition) is 0. The number of benzene rings is 2. The lowest BCUT2D eigenvalue weighted by Gasteiger charge is -2.10. The molecule has 0 fully saturated rings. The van der Waals surface area contributed by atoms with E-state index in [1.807, 2.05) is 48.5 Å². The van der Waals surface area contributed by atoms with Crippen molar-refractivity contribution in [2.75, 3.05) is 12.9 Å². The quantitative estimate of drug-likeness (QED) is 0.684. The maximum Gasteiger partial charge on any atom is 0.264 e. The zero-order valence-corrected chi connectivity index (χ0v) is 14.6. The topological polar surface area (TPSA) is 52.6 Å². The molecule has 118 valence electrons. The molecule has 0 aromatic heterocycles. The Labute approximate surface area is 139 Å². The zero-order chi connectivity index (χ0) is 16.0. The van der Waals surface area contributed by atoms with Crippen LogP contribution < -0.4 is 4.74 Å². The van der Waals surface area contributed by atoms with Crippen LogP contribution in [0.2, 0.25) is 0 Å². The van der Waals surface area contributed by atoms with Gasteiger partial charge in [0.2, 0.25) is 0 Å². The Bertz CT molecular complexity index is 714. The molecule has 22 heavy (non-hydrogen) atoms. The average molecular weight is 385 g/mol. The molecule has 0 aliphatic heterocycles. The van der Waals surface area contributed by atoms with E-state index in [0.717, 1.165) is 27.6 Å². The van der Waals surface area contributed by atoms with E-state index in [1.165, 1.54) is 0 Å². The predicted octanol–water partition coefficient (Wildman–Crippen LogP) is 3.55. The summed E-state index contributed by atoms with van der Waals surface area (Å²) in [7, 11) is -3.39. The van der Waals surface area contributed by atoms with E-state index in [4.69, 9.17) is 8.92 Å². The van der Waals surface area contributed by atoms with Crippen LogP contribution in [0.15, 0.2) is 53.0 Å². The minimum atomic E-state index is -3.39. The molecule has 0 amide bonds. The van der Waals surface area contributed by atoms with Crippen LogP contribution in [-0.2, 0) is 27.3 Å². The number of rotatable bonds is 7. The summed E-state index contributed by atoms with van der Waals surface area (Å²) in [6.45, 7) is 0.630. The van der Waals surface area contributed by atoms with Crippen LogP contribution in [0.4, 0.5) is 0 Å². The fourth-order valence-electron chi connectivity index (χ4n) is 1.86. The van der Waals surface area contributed by atoms with E-state index < -0.39 is 10.1 Å². The fourth-order valence-corrected chi connectivity index (χ4v) is 2.79. The van der Waals surface area contributed by atoms with Crippen LogP contribution in [0.25, 0.3) is 0 Å². The third-order valence-corrected chi connectivity index (χ3v) is 4.14. The van der Waals surface area contributed by atoms with Crippen LogP contribution >= 0.6 is 15.9 Å². The maximum absolute atomic E-state index is 10.9. The van der Waals surface area contributed by atoms with E-state index in [-0.39, 0.29) is 6.61 Å². The second-order valence-electron chi connectivity index (χ2n) is 4.82. The summed E-state index contributed by atoms with van der Waals surface area (Å²) < 4.78 is 33.2. The average Bonchev–Trinajstić information content (AvgIpc) is 2.46. The summed E-state index contributed by atoms with van der Waals surface area (Å²) in [5.74, 6) is 0.747. The van der Waals surface area contributed by atoms with E-state index in [0.29, 0.717) is 13.0 Å². The Morgan fingerprint density at radius 2 is 1.77 bits per heavy atom. The molecule has 0 bridgehead atoms. The lowest BCUT2D eigenvalue weighted by atomic mass is 10.1. The number of halogens is 1. The van der Waals surface area contributed by atoms with Crippen molar-refractivity contribution < 1.29 is 17.3 Å². The highest BCUT2D eigenvalue weighted by atomic mass is 79.9. The molecule has 4 nitrogen and oxygen atoms in total. The smallest absolute Gasteiger partial charge is 0.264 e. The normalized spacial score (nSPS) is 11.4. The molecule has 0 saturated carbocycles. The molecular weight excluding hydrogens is 368 g/mol. The molecule has 2 rings (SSSR count). The first kappa shape index (κ1) is 17.0. The van der Waals surface area contributed by atoms with Gasteiger partial charge in [-0.15, -0.1) is 0 Å². The molecule has 0 heterocycles. The Morgan fingerprint density at radius 3 is 2.41 bits per heavy atom. The van der Waals surface area contributed by atoms with Crippen molar-refractivity contribution >= 4 is 26.0 Å². The first-order valence-corrected chi connectivity index (χ1v) is 9.34. The maximum atomic E-state index is 10.9. The Kier molecular flexibility index (Phi) is 5.99. The van der Waals surface area contributed by atoms with E-state index in [2.05, 4.69) is 15.9 Å². The van der Waals surface area contributed by atoms with Crippen molar-refractivity contribution in [1.82, 2.24) is 0 Å². The van der Waals surface area contributed by atoms with Crippen molar-refractivity contribution in [3.63, 3.8) is 0 Å². The van der Waals surface area contributed by atoms with E-state index >= 15 is 0 Å². The summed E-state index contributed by atoms with van der Waals surface area (Å²) in [4.78, 5) is 0. The molecule has 0 radical (unpaired) electrons. The minimum Gasteiger partial charge on any atom is -0.488 e. The second-order valence-corrected chi connectivity index (χ2v) is 7.31. The minimum absolute atomic E-state index is 0.134. The fraction of sp³-hybridized carbons (Fsp3) is 0.250. The van der Waals surface area contributed by atoms with Gasteiger partial charge in [-0.05, 0) is 45.6 Å². The van der Waals surface area contributed by atoms with Gasteiger partial charge >= 0.3 is 0 Å². The molecule has 2 aromatic carbocycles.